The summed E-state index contributed by atoms with van der Waals surface area (Å²) in [6.45, 7) is 3.97. The van der Waals surface area contributed by atoms with Crippen LogP contribution in [0.5, 0.6) is 0 Å². The van der Waals surface area contributed by atoms with E-state index in [1.807, 2.05) is 24.9 Å². The Balaban J connectivity index is 1.49. The normalized spacial score (nSPS) is 17.9. The molecule has 0 saturated carbocycles. The van der Waals surface area contributed by atoms with Crippen LogP contribution < -0.4 is 5.73 Å². The van der Waals surface area contributed by atoms with Gasteiger partial charge >= 0.3 is 0 Å². The molecule has 150 valence electrons. The standard InChI is InChI=1S/C21H28FN5O/c1-15(7-8-16-5-3-4-6-18(16)22)21(28)27-12-10-17(13-27)26(2)14-20-24-11-9-19(23)25-20/h3-6,9,11,15,17H,7-8,10,12-14H2,1-2H3,(H2,23,24,25)/t15-,17+/m0/s1. The molecule has 0 spiro atoms. The second-order valence-electron chi connectivity index (χ2n) is 7.57. The summed E-state index contributed by atoms with van der Waals surface area (Å²) in [6, 6.07) is 8.70. The summed E-state index contributed by atoms with van der Waals surface area (Å²) in [5.41, 5.74) is 6.39. The number of likely N-dealkylation sites (tertiary alicyclic amines) is 1. The van der Waals surface area contributed by atoms with Crippen molar-refractivity contribution in [2.75, 3.05) is 25.9 Å². The molecule has 3 rings (SSSR count). The number of amides is 1. The van der Waals surface area contributed by atoms with Crippen molar-refractivity contribution in [2.24, 2.45) is 5.92 Å². The number of carbonyl (C=O) groups excluding carboxylic acids is 1. The van der Waals surface area contributed by atoms with E-state index in [1.54, 1.807) is 24.4 Å². The summed E-state index contributed by atoms with van der Waals surface area (Å²) in [5.74, 6) is 0.970. The van der Waals surface area contributed by atoms with Crippen molar-refractivity contribution < 1.29 is 9.18 Å². The first-order valence-electron chi connectivity index (χ1n) is 9.74. The fourth-order valence-corrected chi connectivity index (χ4v) is 3.65. The van der Waals surface area contributed by atoms with Gasteiger partial charge in [-0.3, -0.25) is 9.69 Å². The van der Waals surface area contributed by atoms with Crippen LogP contribution in [0.1, 0.15) is 31.2 Å². The average molecular weight is 385 g/mol. The Morgan fingerprint density at radius 2 is 2.18 bits per heavy atom. The van der Waals surface area contributed by atoms with Crippen LogP contribution in [0.15, 0.2) is 36.5 Å². The molecule has 1 aromatic heterocycles. The van der Waals surface area contributed by atoms with Crippen molar-refractivity contribution in [3.63, 3.8) is 0 Å². The third kappa shape index (κ3) is 5.04. The number of benzene rings is 1. The van der Waals surface area contributed by atoms with Crippen LogP contribution in [0, 0.1) is 11.7 Å². The number of nitrogens with zero attached hydrogens (tertiary/aromatic N) is 4. The minimum absolute atomic E-state index is 0.124. The van der Waals surface area contributed by atoms with Gasteiger partial charge < -0.3 is 10.6 Å². The van der Waals surface area contributed by atoms with Gasteiger partial charge in [0.25, 0.3) is 0 Å². The fraction of sp³-hybridized carbons (Fsp3) is 0.476. The molecule has 28 heavy (non-hydrogen) atoms. The first-order valence-corrected chi connectivity index (χ1v) is 9.74. The largest absolute Gasteiger partial charge is 0.384 e. The van der Waals surface area contributed by atoms with Crippen molar-refractivity contribution in [3.05, 3.63) is 53.7 Å². The summed E-state index contributed by atoms with van der Waals surface area (Å²) in [7, 11) is 2.02. The molecule has 2 atom stereocenters. The van der Waals surface area contributed by atoms with E-state index in [1.165, 1.54) is 6.07 Å². The van der Waals surface area contributed by atoms with Gasteiger partial charge in [0, 0.05) is 31.2 Å². The van der Waals surface area contributed by atoms with E-state index in [0.29, 0.717) is 43.1 Å². The zero-order valence-electron chi connectivity index (χ0n) is 16.5. The second-order valence-corrected chi connectivity index (χ2v) is 7.57. The maximum Gasteiger partial charge on any atom is 0.225 e. The number of aromatic nitrogens is 2. The Morgan fingerprint density at radius 3 is 2.93 bits per heavy atom. The van der Waals surface area contributed by atoms with Crippen LogP contribution in [0.4, 0.5) is 10.2 Å². The molecule has 0 radical (unpaired) electrons. The van der Waals surface area contributed by atoms with Gasteiger partial charge in [0.05, 0.1) is 6.54 Å². The quantitative estimate of drug-likeness (QED) is 0.793. The topological polar surface area (TPSA) is 75.4 Å². The molecule has 0 bridgehead atoms. The number of nitrogen functional groups attached to an aromatic ring is 1. The highest BCUT2D eigenvalue weighted by atomic mass is 19.1. The minimum atomic E-state index is -0.200. The number of likely N-dealkylation sites (N-methyl/N-ethyl adjacent to an activating group) is 1. The highest BCUT2D eigenvalue weighted by Crippen LogP contribution is 2.21. The predicted octanol–water partition coefficient (Wildman–Crippen LogP) is 2.50. The maximum atomic E-state index is 13.8. The summed E-state index contributed by atoms with van der Waals surface area (Å²) in [4.78, 5) is 25.4. The first kappa shape index (κ1) is 20.2. The van der Waals surface area contributed by atoms with E-state index in [0.717, 1.165) is 13.0 Å². The lowest BCUT2D eigenvalue weighted by atomic mass is 9.99. The van der Waals surface area contributed by atoms with Gasteiger partial charge in [-0.15, -0.1) is 0 Å². The molecule has 1 aromatic carbocycles. The highest BCUT2D eigenvalue weighted by Gasteiger charge is 2.31. The maximum absolute atomic E-state index is 13.8. The van der Waals surface area contributed by atoms with E-state index in [-0.39, 0.29) is 23.7 Å². The fourth-order valence-electron chi connectivity index (χ4n) is 3.65. The van der Waals surface area contributed by atoms with E-state index in [9.17, 15) is 9.18 Å². The Hall–Kier alpha value is -2.54. The molecule has 1 fully saturated rings. The van der Waals surface area contributed by atoms with Crippen LogP contribution in [0.2, 0.25) is 0 Å². The molecule has 2 aromatic rings. The molecule has 2 N–H and O–H groups in total. The van der Waals surface area contributed by atoms with Crippen molar-refractivity contribution in [2.45, 2.75) is 38.8 Å². The molecule has 1 amide bonds. The summed E-state index contributed by atoms with van der Waals surface area (Å²) >= 11 is 0. The average Bonchev–Trinajstić information content (AvgIpc) is 3.17. The summed E-state index contributed by atoms with van der Waals surface area (Å²) < 4.78 is 13.8. The van der Waals surface area contributed by atoms with E-state index in [4.69, 9.17) is 5.73 Å². The third-order valence-corrected chi connectivity index (χ3v) is 5.44. The smallest absolute Gasteiger partial charge is 0.225 e. The molecule has 2 heterocycles. The summed E-state index contributed by atoms with van der Waals surface area (Å²) in [6.07, 6.45) is 3.80. The molecule has 6 nitrogen and oxygen atoms in total. The molecule has 7 heteroatoms. The molecular formula is C21H28FN5O. The Morgan fingerprint density at radius 1 is 1.39 bits per heavy atom. The third-order valence-electron chi connectivity index (χ3n) is 5.44. The monoisotopic (exact) mass is 385 g/mol. The zero-order chi connectivity index (χ0) is 20.1. The summed E-state index contributed by atoms with van der Waals surface area (Å²) in [5, 5.41) is 0. The Labute approximate surface area is 165 Å². The van der Waals surface area contributed by atoms with Crippen LogP contribution in [0.3, 0.4) is 0 Å². The molecular weight excluding hydrogens is 357 g/mol. The number of hydrogen-bond acceptors (Lipinski definition) is 5. The lowest BCUT2D eigenvalue weighted by Gasteiger charge is -2.25. The number of aryl methyl sites for hydroxylation is 1. The lowest BCUT2D eigenvalue weighted by Crippen LogP contribution is -2.38. The lowest BCUT2D eigenvalue weighted by molar-refractivity contribution is -0.134. The number of nitrogens with two attached hydrogens (primary N) is 1. The first-order chi connectivity index (χ1) is 13.4. The van der Waals surface area contributed by atoms with E-state index in [2.05, 4.69) is 14.9 Å². The molecule has 1 saturated heterocycles. The van der Waals surface area contributed by atoms with Gasteiger partial charge in [-0.05, 0) is 44.0 Å². The van der Waals surface area contributed by atoms with Gasteiger partial charge in [0.15, 0.2) is 0 Å². The predicted molar refractivity (Wildman–Crippen MR) is 107 cm³/mol. The van der Waals surface area contributed by atoms with Gasteiger partial charge in [-0.2, -0.15) is 0 Å². The molecule has 0 unspecified atom stereocenters. The van der Waals surface area contributed by atoms with Crippen LogP contribution in [-0.2, 0) is 17.8 Å². The Bertz CT molecular complexity index is 815. The second kappa shape index (κ2) is 9.10. The number of anilines is 1. The molecule has 1 aliphatic rings. The molecule has 1 aliphatic heterocycles. The van der Waals surface area contributed by atoms with Gasteiger partial charge in [0.2, 0.25) is 5.91 Å². The van der Waals surface area contributed by atoms with Crippen molar-refractivity contribution >= 4 is 11.7 Å². The highest BCUT2D eigenvalue weighted by molar-refractivity contribution is 5.78. The van der Waals surface area contributed by atoms with Crippen LogP contribution >= 0.6 is 0 Å². The molecule has 0 aliphatic carbocycles. The number of carbonyl (C=O) groups is 1. The Kier molecular flexibility index (Phi) is 6.57. The van der Waals surface area contributed by atoms with Crippen LogP contribution in [0.25, 0.3) is 0 Å². The van der Waals surface area contributed by atoms with Crippen molar-refractivity contribution in [1.29, 1.82) is 0 Å². The zero-order valence-corrected chi connectivity index (χ0v) is 16.5. The van der Waals surface area contributed by atoms with Crippen molar-refractivity contribution in [1.82, 2.24) is 19.8 Å². The van der Waals surface area contributed by atoms with E-state index >= 15 is 0 Å². The number of hydrogen-bond donors (Lipinski definition) is 1. The van der Waals surface area contributed by atoms with Crippen molar-refractivity contribution in [3.8, 4) is 0 Å². The van der Waals surface area contributed by atoms with Crippen LogP contribution in [-0.4, -0.2) is 51.9 Å². The van der Waals surface area contributed by atoms with Gasteiger partial charge in [-0.25, -0.2) is 14.4 Å². The number of halogens is 1. The SMILES string of the molecule is C[C@@H](CCc1ccccc1F)C(=O)N1CC[C@@H](N(C)Cc2nccc(N)n2)C1. The van der Waals surface area contributed by atoms with Gasteiger partial charge in [-0.1, -0.05) is 25.1 Å². The van der Waals surface area contributed by atoms with Gasteiger partial charge in [0.1, 0.15) is 17.5 Å². The van der Waals surface area contributed by atoms with E-state index < -0.39 is 0 Å². The number of rotatable bonds is 7. The minimum Gasteiger partial charge on any atom is -0.384 e.